The molecule has 110 valence electrons. The summed E-state index contributed by atoms with van der Waals surface area (Å²) in [6.07, 6.45) is 0.650. The van der Waals surface area contributed by atoms with Gasteiger partial charge in [0, 0.05) is 5.69 Å². The van der Waals surface area contributed by atoms with Gasteiger partial charge in [-0.05, 0) is 43.0 Å². The number of aryl methyl sites for hydroxylation is 1. The molecule has 7 heteroatoms. The third-order valence-electron chi connectivity index (χ3n) is 3.03. The first-order valence-corrected chi connectivity index (χ1v) is 8.09. The van der Waals surface area contributed by atoms with Crippen molar-refractivity contribution in [1.82, 2.24) is 0 Å². The van der Waals surface area contributed by atoms with E-state index in [0.29, 0.717) is 30.7 Å². The number of anilines is 1. The van der Waals surface area contributed by atoms with Gasteiger partial charge in [0.25, 0.3) is 0 Å². The monoisotopic (exact) mass is 299 g/mol. The van der Waals surface area contributed by atoms with E-state index in [1.54, 1.807) is 25.1 Å². The zero-order chi connectivity index (χ0) is 14.8. The predicted molar refractivity (Wildman–Crippen MR) is 74.5 cm³/mol. The van der Waals surface area contributed by atoms with E-state index in [1.807, 2.05) is 0 Å². The van der Waals surface area contributed by atoms with E-state index < -0.39 is 22.1 Å². The first kappa shape index (κ1) is 14.6. The highest BCUT2D eigenvalue weighted by Gasteiger charge is 2.25. The number of hydrogen-bond acceptors (Lipinski definition) is 4. The number of nitrogens with one attached hydrogen (secondary N) is 1. The fourth-order valence-corrected chi connectivity index (χ4v) is 3.25. The number of carbonyl (C=O) groups is 1. The molecule has 0 aliphatic carbocycles. The van der Waals surface area contributed by atoms with Crippen LogP contribution in [0.5, 0.6) is 5.75 Å². The van der Waals surface area contributed by atoms with Gasteiger partial charge in [-0.15, -0.1) is 0 Å². The molecular weight excluding hydrogens is 282 g/mol. The van der Waals surface area contributed by atoms with Crippen molar-refractivity contribution in [3.63, 3.8) is 0 Å². The number of rotatable bonds is 5. The summed E-state index contributed by atoms with van der Waals surface area (Å²) in [5.41, 5.74) is 1.30. The Kier molecular flexibility index (Phi) is 4.17. The van der Waals surface area contributed by atoms with Crippen molar-refractivity contribution in [1.29, 1.82) is 0 Å². The van der Waals surface area contributed by atoms with E-state index >= 15 is 0 Å². The van der Waals surface area contributed by atoms with Crippen LogP contribution in [0, 0.1) is 0 Å². The van der Waals surface area contributed by atoms with Gasteiger partial charge < -0.3 is 9.84 Å². The molecule has 0 amide bonds. The molecule has 0 aromatic heterocycles. The number of carboxylic acids is 1. The Morgan fingerprint density at radius 3 is 2.90 bits per heavy atom. The second-order valence-electron chi connectivity index (χ2n) is 4.73. The van der Waals surface area contributed by atoms with Crippen LogP contribution < -0.4 is 9.46 Å². The molecule has 0 bridgehead atoms. The fraction of sp³-hybridized carbons (Fsp3) is 0.462. The molecule has 1 aromatic carbocycles. The van der Waals surface area contributed by atoms with Crippen LogP contribution in [0.2, 0.25) is 0 Å². The molecule has 1 aliphatic rings. The summed E-state index contributed by atoms with van der Waals surface area (Å²) >= 11 is 0. The average molecular weight is 299 g/mol. The predicted octanol–water partition coefficient (Wildman–Crippen LogP) is 1.62. The van der Waals surface area contributed by atoms with Crippen LogP contribution in [0.1, 0.15) is 25.3 Å². The van der Waals surface area contributed by atoms with Crippen molar-refractivity contribution in [2.24, 2.45) is 0 Å². The second-order valence-corrected chi connectivity index (χ2v) is 6.57. The first-order chi connectivity index (χ1) is 9.41. The Balaban J connectivity index is 2.16. The minimum absolute atomic E-state index is 0.0711. The number of aliphatic carboxylic acids is 1. The summed E-state index contributed by atoms with van der Waals surface area (Å²) in [6.45, 7) is 1.80. The van der Waals surface area contributed by atoms with Gasteiger partial charge in [-0.25, -0.2) is 13.2 Å². The minimum Gasteiger partial charge on any atom is -0.479 e. The highest BCUT2D eigenvalue weighted by molar-refractivity contribution is 7.92. The zero-order valence-corrected chi connectivity index (χ0v) is 11.9. The molecule has 6 nitrogen and oxygen atoms in total. The Hall–Kier alpha value is -1.76. The molecular formula is C13H17NO5S. The second kappa shape index (κ2) is 5.70. The first-order valence-electron chi connectivity index (χ1n) is 6.44. The summed E-state index contributed by atoms with van der Waals surface area (Å²) < 4.78 is 31.2. The molecule has 1 unspecified atom stereocenters. The van der Waals surface area contributed by atoms with Gasteiger partial charge in [0.2, 0.25) is 10.0 Å². The number of hydrogen-bond donors (Lipinski definition) is 2. The molecule has 20 heavy (non-hydrogen) atoms. The Morgan fingerprint density at radius 2 is 2.25 bits per heavy atom. The van der Waals surface area contributed by atoms with Crippen molar-refractivity contribution < 1.29 is 23.1 Å². The molecule has 0 radical (unpaired) electrons. The van der Waals surface area contributed by atoms with Gasteiger partial charge in [-0.1, -0.05) is 6.92 Å². The highest BCUT2D eigenvalue weighted by atomic mass is 32.2. The third-order valence-corrected chi connectivity index (χ3v) is 4.52. The SMILES string of the molecule is CCCS(=O)(=O)Nc1ccc2c(c1)CCC(C(=O)O)O2. The molecule has 0 saturated heterocycles. The van der Waals surface area contributed by atoms with Gasteiger partial charge in [0.15, 0.2) is 6.10 Å². The molecule has 2 N–H and O–H groups in total. The van der Waals surface area contributed by atoms with Crippen molar-refractivity contribution in [3.8, 4) is 5.75 Å². The van der Waals surface area contributed by atoms with E-state index in [1.165, 1.54) is 0 Å². The maximum Gasteiger partial charge on any atom is 0.344 e. The van der Waals surface area contributed by atoms with Crippen LogP contribution in [0.25, 0.3) is 0 Å². The lowest BCUT2D eigenvalue weighted by atomic mass is 10.0. The van der Waals surface area contributed by atoms with Crippen LogP contribution in [-0.4, -0.2) is 31.4 Å². The summed E-state index contributed by atoms with van der Waals surface area (Å²) in [5, 5.41) is 8.91. The van der Waals surface area contributed by atoms with Crippen LogP contribution >= 0.6 is 0 Å². The Labute approximate surface area is 117 Å². The van der Waals surface area contributed by atoms with Crippen molar-refractivity contribution in [2.45, 2.75) is 32.3 Å². The van der Waals surface area contributed by atoms with Gasteiger partial charge in [-0.3, -0.25) is 4.72 Å². The van der Waals surface area contributed by atoms with E-state index in [0.717, 1.165) is 5.56 Å². The molecule has 0 fully saturated rings. The van der Waals surface area contributed by atoms with Crippen molar-refractivity contribution >= 4 is 21.7 Å². The van der Waals surface area contributed by atoms with E-state index in [9.17, 15) is 13.2 Å². The number of fused-ring (bicyclic) bond motifs is 1. The lowest BCUT2D eigenvalue weighted by Gasteiger charge is -2.23. The van der Waals surface area contributed by atoms with Crippen LogP contribution in [0.4, 0.5) is 5.69 Å². The van der Waals surface area contributed by atoms with Gasteiger partial charge in [0.05, 0.1) is 5.75 Å². The van der Waals surface area contributed by atoms with E-state index in [2.05, 4.69) is 4.72 Å². The molecule has 1 aliphatic heterocycles. The maximum absolute atomic E-state index is 11.7. The maximum atomic E-state index is 11.7. The number of carboxylic acid groups (broad SMARTS) is 1. The molecule has 1 aromatic rings. The normalized spacial score (nSPS) is 17.9. The van der Waals surface area contributed by atoms with Gasteiger partial charge in [0.1, 0.15) is 5.75 Å². The zero-order valence-electron chi connectivity index (χ0n) is 11.1. The summed E-state index contributed by atoms with van der Waals surface area (Å²) in [6, 6.07) is 4.88. The Bertz CT molecular complexity index is 611. The molecule has 1 atom stereocenters. The van der Waals surface area contributed by atoms with E-state index in [4.69, 9.17) is 9.84 Å². The molecule has 1 heterocycles. The van der Waals surface area contributed by atoms with Gasteiger partial charge in [-0.2, -0.15) is 0 Å². The van der Waals surface area contributed by atoms with Crippen LogP contribution in [0.3, 0.4) is 0 Å². The average Bonchev–Trinajstić information content (AvgIpc) is 2.37. The van der Waals surface area contributed by atoms with Crippen LogP contribution in [0.15, 0.2) is 18.2 Å². The number of benzene rings is 1. The molecule has 0 saturated carbocycles. The van der Waals surface area contributed by atoms with Gasteiger partial charge >= 0.3 is 5.97 Å². The minimum atomic E-state index is -3.32. The number of ether oxygens (including phenoxy) is 1. The quantitative estimate of drug-likeness (QED) is 0.861. The van der Waals surface area contributed by atoms with Crippen molar-refractivity contribution in [2.75, 3.05) is 10.5 Å². The lowest BCUT2D eigenvalue weighted by molar-refractivity contribution is -0.145. The lowest BCUT2D eigenvalue weighted by Crippen LogP contribution is -2.30. The largest absolute Gasteiger partial charge is 0.479 e. The highest BCUT2D eigenvalue weighted by Crippen LogP contribution is 2.30. The van der Waals surface area contributed by atoms with Crippen molar-refractivity contribution in [3.05, 3.63) is 23.8 Å². The third kappa shape index (κ3) is 3.41. The summed E-state index contributed by atoms with van der Waals surface area (Å²) in [4.78, 5) is 10.9. The Morgan fingerprint density at radius 1 is 1.50 bits per heavy atom. The smallest absolute Gasteiger partial charge is 0.344 e. The molecule has 0 spiro atoms. The summed E-state index contributed by atoms with van der Waals surface area (Å²) in [7, 11) is -3.32. The fourth-order valence-electron chi connectivity index (χ4n) is 2.13. The summed E-state index contributed by atoms with van der Waals surface area (Å²) in [5.74, 6) is -0.410. The standard InChI is InChI=1S/C13H17NO5S/c1-2-7-20(17,18)14-10-4-6-11-9(8-10)3-5-12(19-11)13(15)16/h4,6,8,12,14H,2-3,5,7H2,1H3,(H,15,16). The topological polar surface area (TPSA) is 92.7 Å². The van der Waals surface area contributed by atoms with E-state index in [-0.39, 0.29) is 5.75 Å². The molecule has 2 rings (SSSR count). The van der Waals surface area contributed by atoms with Crippen LogP contribution in [-0.2, 0) is 21.2 Å². The number of sulfonamides is 1.